The van der Waals surface area contributed by atoms with Crippen molar-refractivity contribution in [1.29, 1.82) is 0 Å². The molecule has 1 saturated heterocycles. The van der Waals surface area contributed by atoms with Gasteiger partial charge in [-0.25, -0.2) is 0 Å². The Morgan fingerprint density at radius 3 is 3.07 bits per heavy atom. The smallest absolute Gasteiger partial charge is 0.0817 e. The molecule has 1 heterocycles. The number of nitrogens with one attached hydrogen (secondary N) is 2. The lowest BCUT2D eigenvalue weighted by atomic mass is 10.1. The Morgan fingerprint density at radius 2 is 2.29 bits per heavy atom. The summed E-state index contributed by atoms with van der Waals surface area (Å²) < 4.78 is 0. The molecule has 14 heavy (non-hydrogen) atoms. The fraction of sp³-hybridized carbons (Fsp3) is 1.00. The minimum Gasteiger partial charge on any atom is -0.390 e. The highest BCUT2D eigenvalue weighted by molar-refractivity contribution is 4.79. The summed E-state index contributed by atoms with van der Waals surface area (Å²) in [6.07, 6.45) is 5.84. The zero-order valence-electron chi connectivity index (χ0n) is 9.26. The Bertz CT molecular complexity index is 133. The van der Waals surface area contributed by atoms with E-state index in [2.05, 4.69) is 17.6 Å². The molecule has 0 bridgehead atoms. The van der Waals surface area contributed by atoms with E-state index in [9.17, 15) is 5.11 Å². The number of rotatable bonds is 5. The molecule has 0 radical (unpaired) electrons. The van der Waals surface area contributed by atoms with Gasteiger partial charge in [0, 0.05) is 12.6 Å². The van der Waals surface area contributed by atoms with E-state index >= 15 is 0 Å². The lowest BCUT2D eigenvalue weighted by molar-refractivity contribution is 0.123. The van der Waals surface area contributed by atoms with Crippen molar-refractivity contribution in [2.75, 3.05) is 19.6 Å². The Labute approximate surface area is 87.3 Å². The summed E-state index contributed by atoms with van der Waals surface area (Å²) in [5, 5.41) is 16.6. The Morgan fingerprint density at radius 1 is 1.43 bits per heavy atom. The van der Waals surface area contributed by atoms with Gasteiger partial charge in [-0.3, -0.25) is 0 Å². The fourth-order valence-electron chi connectivity index (χ4n) is 1.95. The van der Waals surface area contributed by atoms with Gasteiger partial charge in [-0.2, -0.15) is 0 Å². The number of aliphatic hydroxyl groups excluding tert-OH is 1. The van der Waals surface area contributed by atoms with Crippen LogP contribution in [0, 0.1) is 0 Å². The molecule has 3 heteroatoms. The second-order valence-corrected chi connectivity index (χ2v) is 4.18. The lowest BCUT2D eigenvalue weighted by Crippen LogP contribution is -2.44. The first-order valence-electron chi connectivity index (χ1n) is 5.96. The first-order valence-corrected chi connectivity index (χ1v) is 5.96. The van der Waals surface area contributed by atoms with Crippen molar-refractivity contribution in [3.63, 3.8) is 0 Å². The minimum atomic E-state index is -0.223. The molecule has 0 spiro atoms. The van der Waals surface area contributed by atoms with E-state index < -0.39 is 0 Å². The molecule has 2 unspecified atom stereocenters. The van der Waals surface area contributed by atoms with Crippen LogP contribution in [0.5, 0.6) is 0 Å². The standard InChI is InChI=1S/C11H24N2O/c1-2-7-12-9-11(14)10-6-4-3-5-8-13-10/h10-14H,2-9H2,1H3. The summed E-state index contributed by atoms with van der Waals surface area (Å²) in [4.78, 5) is 0. The molecule has 1 rings (SSSR count). The summed E-state index contributed by atoms with van der Waals surface area (Å²) in [5.74, 6) is 0. The van der Waals surface area contributed by atoms with Crippen LogP contribution < -0.4 is 10.6 Å². The van der Waals surface area contributed by atoms with E-state index in [0.29, 0.717) is 6.04 Å². The van der Waals surface area contributed by atoms with E-state index in [1.165, 1.54) is 19.3 Å². The third kappa shape index (κ3) is 4.40. The molecule has 0 amide bonds. The van der Waals surface area contributed by atoms with Gasteiger partial charge in [-0.05, 0) is 32.4 Å². The van der Waals surface area contributed by atoms with Crippen molar-refractivity contribution >= 4 is 0 Å². The topological polar surface area (TPSA) is 44.3 Å². The number of hydrogen-bond donors (Lipinski definition) is 3. The van der Waals surface area contributed by atoms with Crippen LogP contribution in [0.4, 0.5) is 0 Å². The number of hydrogen-bond acceptors (Lipinski definition) is 3. The SMILES string of the molecule is CCCNCC(O)C1CCCCCN1. The maximum Gasteiger partial charge on any atom is 0.0817 e. The minimum absolute atomic E-state index is 0.223. The van der Waals surface area contributed by atoms with Crippen LogP contribution in [-0.4, -0.2) is 36.9 Å². The molecule has 84 valence electrons. The maximum absolute atomic E-state index is 9.90. The van der Waals surface area contributed by atoms with Gasteiger partial charge < -0.3 is 15.7 Å². The highest BCUT2D eigenvalue weighted by Crippen LogP contribution is 2.10. The fourth-order valence-corrected chi connectivity index (χ4v) is 1.95. The van der Waals surface area contributed by atoms with Gasteiger partial charge in [0.25, 0.3) is 0 Å². The van der Waals surface area contributed by atoms with Gasteiger partial charge >= 0.3 is 0 Å². The van der Waals surface area contributed by atoms with Crippen LogP contribution in [-0.2, 0) is 0 Å². The van der Waals surface area contributed by atoms with Crippen molar-refractivity contribution in [3.05, 3.63) is 0 Å². The van der Waals surface area contributed by atoms with E-state index in [1.807, 2.05) is 0 Å². The van der Waals surface area contributed by atoms with Crippen molar-refractivity contribution in [1.82, 2.24) is 10.6 Å². The molecule has 1 fully saturated rings. The zero-order valence-corrected chi connectivity index (χ0v) is 9.26. The molecule has 0 aromatic rings. The lowest BCUT2D eigenvalue weighted by Gasteiger charge is -2.22. The van der Waals surface area contributed by atoms with Gasteiger partial charge in [-0.15, -0.1) is 0 Å². The average Bonchev–Trinajstić information content (AvgIpc) is 2.46. The van der Waals surface area contributed by atoms with Gasteiger partial charge in [0.15, 0.2) is 0 Å². The van der Waals surface area contributed by atoms with Gasteiger partial charge in [0.1, 0.15) is 0 Å². The quantitative estimate of drug-likeness (QED) is 0.577. The Hall–Kier alpha value is -0.120. The summed E-state index contributed by atoms with van der Waals surface area (Å²) in [6, 6.07) is 0.307. The molecule has 0 saturated carbocycles. The second kappa shape index (κ2) is 7.21. The molecule has 0 aromatic heterocycles. The van der Waals surface area contributed by atoms with Gasteiger partial charge in [0.05, 0.1) is 6.10 Å². The zero-order chi connectivity index (χ0) is 10.2. The normalized spacial score (nSPS) is 25.7. The van der Waals surface area contributed by atoms with Gasteiger partial charge in [0.2, 0.25) is 0 Å². The largest absolute Gasteiger partial charge is 0.390 e. The molecular weight excluding hydrogens is 176 g/mol. The predicted molar refractivity (Wildman–Crippen MR) is 59.4 cm³/mol. The van der Waals surface area contributed by atoms with E-state index in [0.717, 1.165) is 32.5 Å². The van der Waals surface area contributed by atoms with Crippen LogP contribution in [0.2, 0.25) is 0 Å². The summed E-state index contributed by atoms with van der Waals surface area (Å²) in [7, 11) is 0. The van der Waals surface area contributed by atoms with Crippen LogP contribution in [0.1, 0.15) is 39.0 Å². The first-order chi connectivity index (χ1) is 6.84. The Kier molecular flexibility index (Phi) is 6.15. The maximum atomic E-state index is 9.90. The molecular formula is C11H24N2O. The molecule has 3 nitrogen and oxygen atoms in total. The van der Waals surface area contributed by atoms with Crippen LogP contribution in [0.3, 0.4) is 0 Å². The molecule has 0 aliphatic carbocycles. The van der Waals surface area contributed by atoms with Crippen LogP contribution >= 0.6 is 0 Å². The molecule has 2 atom stereocenters. The third-order valence-electron chi connectivity index (χ3n) is 2.84. The van der Waals surface area contributed by atoms with E-state index in [4.69, 9.17) is 0 Å². The predicted octanol–water partition coefficient (Wildman–Crippen LogP) is 0.879. The summed E-state index contributed by atoms with van der Waals surface area (Å²) >= 11 is 0. The molecule has 3 N–H and O–H groups in total. The summed E-state index contributed by atoms with van der Waals surface area (Å²) in [5.41, 5.74) is 0. The second-order valence-electron chi connectivity index (χ2n) is 4.18. The monoisotopic (exact) mass is 200 g/mol. The first kappa shape index (κ1) is 12.0. The van der Waals surface area contributed by atoms with E-state index in [1.54, 1.807) is 0 Å². The van der Waals surface area contributed by atoms with Crippen molar-refractivity contribution in [3.8, 4) is 0 Å². The van der Waals surface area contributed by atoms with Crippen molar-refractivity contribution in [2.24, 2.45) is 0 Å². The average molecular weight is 200 g/mol. The van der Waals surface area contributed by atoms with Crippen molar-refractivity contribution < 1.29 is 5.11 Å². The summed E-state index contributed by atoms with van der Waals surface area (Å²) in [6.45, 7) is 4.94. The van der Waals surface area contributed by atoms with Crippen LogP contribution in [0.25, 0.3) is 0 Å². The molecule has 1 aliphatic rings. The van der Waals surface area contributed by atoms with E-state index in [-0.39, 0.29) is 6.10 Å². The third-order valence-corrected chi connectivity index (χ3v) is 2.84. The van der Waals surface area contributed by atoms with Crippen LogP contribution in [0.15, 0.2) is 0 Å². The highest BCUT2D eigenvalue weighted by Gasteiger charge is 2.19. The van der Waals surface area contributed by atoms with Crippen molar-refractivity contribution in [2.45, 2.75) is 51.2 Å². The molecule has 0 aromatic carbocycles. The van der Waals surface area contributed by atoms with Gasteiger partial charge in [-0.1, -0.05) is 19.8 Å². The number of aliphatic hydroxyl groups is 1. The Balaban J connectivity index is 2.16. The highest BCUT2D eigenvalue weighted by atomic mass is 16.3. The molecule has 1 aliphatic heterocycles.